The standard InChI is InChI=1S/C13H9N5/c1-9-11(7-14)13-16-6-4-12(18(13)17-9)10-3-2-5-15-8-10/h2-6,8H,1H3. The van der Waals surface area contributed by atoms with Crippen LogP contribution in [-0.2, 0) is 0 Å². The molecule has 5 nitrogen and oxygen atoms in total. The molecule has 0 fully saturated rings. The van der Waals surface area contributed by atoms with E-state index in [9.17, 15) is 0 Å². The Balaban J connectivity index is 2.36. The molecule has 5 heteroatoms. The van der Waals surface area contributed by atoms with E-state index in [-0.39, 0.29) is 0 Å². The molecule has 3 heterocycles. The summed E-state index contributed by atoms with van der Waals surface area (Å²) in [6.07, 6.45) is 5.16. The van der Waals surface area contributed by atoms with Crippen molar-refractivity contribution in [3.8, 4) is 17.3 Å². The second-order valence-electron chi connectivity index (χ2n) is 3.88. The number of rotatable bonds is 1. The summed E-state index contributed by atoms with van der Waals surface area (Å²) in [4.78, 5) is 8.31. The maximum Gasteiger partial charge on any atom is 0.173 e. The summed E-state index contributed by atoms with van der Waals surface area (Å²) in [6, 6.07) is 7.81. The van der Waals surface area contributed by atoms with Crippen LogP contribution in [0.1, 0.15) is 11.3 Å². The first-order chi connectivity index (χ1) is 8.81. The van der Waals surface area contributed by atoms with Crippen molar-refractivity contribution >= 4 is 5.65 Å². The fraction of sp³-hybridized carbons (Fsp3) is 0.0769. The molecule has 0 N–H and O–H groups in total. The lowest BCUT2D eigenvalue weighted by Gasteiger charge is -2.03. The molecule has 0 aromatic carbocycles. The van der Waals surface area contributed by atoms with Crippen molar-refractivity contribution in [2.45, 2.75) is 6.92 Å². The average Bonchev–Trinajstić information content (AvgIpc) is 2.74. The Morgan fingerprint density at radius 1 is 1.28 bits per heavy atom. The largest absolute Gasteiger partial charge is 0.264 e. The van der Waals surface area contributed by atoms with Crippen molar-refractivity contribution in [2.75, 3.05) is 0 Å². The molecule has 0 atom stereocenters. The van der Waals surface area contributed by atoms with Crippen LogP contribution in [0.5, 0.6) is 0 Å². The van der Waals surface area contributed by atoms with Crippen molar-refractivity contribution in [3.05, 3.63) is 48.0 Å². The van der Waals surface area contributed by atoms with Crippen LogP contribution in [0.25, 0.3) is 16.9 Å². The Morgan fingerprint density at radius 2 is 2.17 bits per heavy atom. The molecule has 0 amide bonds. The Bertz CT molecular complexity index is 752. The fourth-order valence-electron chi connectivity index (χ4n) is 1.92. The Hall–Kier alpha value is -2.74. The van der Waals surface area contributed by atoms with Crippen molar-refractivity contribution in [1.29, 1.82) is 5.26 Å². The fourth-order valence-corrected chi connectivity index (χ4v) is 1.92. The van der Waals surface area contributed by atoms with Crippen molar-refractivity contribution in [1.82, 2.24) is 19.6 Å². The third-order valence-electron chi connectivity index (χ3n) is 2.76. The molecule has 0 aliphatic carbocycles. The first-order valence-electron chi connectivity index (χ1n) is 5.46. The van der Waals surface area contributed by atoms with E-state index in [0.29, 0.717) is 16.9 Å². The van der Waals surface area contributed by atoms with Gasteiger partial charge in [-0.2, -0.15) is 10.4 Å². The number of aryl methyl sites for hydroxylation is 1. The quantitative estimate of drug-likeness (QED) is 0.646. The summed E-state index contributed by atoms with van der Waals surface area (Å²) in [7, 11) is 0. The van der Waals surface area contributed by atoms with E-state index >= 15 is 0 Å². The summed E-state index contributed by atoms with van der Waals surface area (Å²) in [6.45, 7) is 1.81. The van der Waals surface area contributed by atoms with Gasteiger partial charge in [-0.1, -0.05) is 0 Å². The van der Waals surface area contributed by atoms with Gasteiger partial charge >= 0.3 is 0 Å². The lowest BCUT2D eigenvalue weighted by molar-refractivity contribution is 0.924. The highest BCUT2D eigenvalue weighted by atomic mass is 15.3. The molecule has 18 heavy (non-hydrogen) atoms. The highest BCUT2D eigenvalue weighted by Crippen LogP contribution is 2.21. The van der Waals surface area contributed by atoms with Crippen LogP contribution in [0.4, 0.5) is 0 Å². The monoisotopic (exact) mass is 235 g/mol. The Kier molecular flexibility index (Phi) is 2.27. The third-order valence-corrected chi connectivity index (χ3v) is 2.76. The number of pyridine rings is 1. The molecule has 0 spiro atoms. The van der Waals surface area contributed by atoms with E-state index in [1.54, 1.807) is 30.0 Å². The maximum absolute atomic E-state index is 9.11. The van der Waals surface area contributed by atoms with Crippen LogP contribution in [0.15, 0.2) is 36.8 Å². The zero-order chi connectivity index (χ0) is 12.5. The van der Waals surface area contributed by atoms with E-state index in [4.69, 9.17) is 5.26 Å². The molecule has 0 aliphatic heterocycles. The third kappa shape index (κ3) is 1.44. The molecule has 3 rings (SSSR count). The second-order valence-corrected chi connectivity index (χ2v) is 3.88. The van der Waals surface area contributed by atoms with E-state index in [0.717, 1.165) is 11.3 Å². The topological polar surface area (TPSA) is 66.9 Å². The van der Waals surface area contributed by atoms with Gasteiger partial charge in [0.05, 0.1) is 11.4 Å². The lowest BCUT2D eigenvalue weighted by atomic mass is 10.2. The summed E-state index contributed by atoms with van der Waals surface area (Å²) in [5.41, 5.74) is 3.59. The summed E-state index contributed by atoms with van der Waals surface area (Å²) in [5, 5.41) is 13.5. The van der Waals surface area contributed by atoms with Gasteiger partial charge in [0.25, 0.3) is 0 Å². The van der Waals surface area contributed by atoms with Crippen LogP contribution in [0.2, 0.25) is 0 Å². The first kappa shape index (κ1) is 10.4. The Labute approximate surface area is 103 Å². The molecule has 0 saturated carbocycles. The number of hydrogen-bond acceptors (Lipinski definition) is 4. The van der Waals surface area contributed by atoms with E-state index < -0.39 is 0 Å². The van der Waals surface area contributed by atoms with Crippen molar-refractivity contribution in [2.24, 2.45) is 0 Å². The Morgan fingerprint density at radius 3 is 2.89 bits per heavy atom. The van der Waals surface area contributed by atoms with Crippen molar-refractivity contribution < 1.29 is 0 Å². The summed E-state index contributed by atoms with van der Waals surface area (Å²) in [5.74, 6) is 0. The van der Waals surface area contributed by atoms with Gasteiger partial charge in [-0.3, -0.25) is 4.98 Å². The zero-order valence-corrected chi connectivity index (χ0v) is 9.70. The average molecular weight is 235 g/mol. The molecule has 0 unspecified atom stereocenters. The molecule has 3 aromatic heterocycles. The van der Waals surface area contributed by atoms with Gasteiger partial charge in [-0.05, 0) is 25.1 Å². The van der Waals surface area contributed by atoms with Crippen LogP contribution >= 0.6 is 0 Å². The highest BCUT2D eigenvalue weighted by Gasteiger charge is 2.13. The van der Waals surface area contributed by atoms with Crippen LogP contribution in [0, 0.1) is 18.3 Å². The second kappa shape index (κ2) is 3.93. The molecular formula is C13H9N5. The van der Waals surface area contributed by atoms with Gasteiger partial charge < -0.3 is 0 Å². The number of hydrogen-bond donors (Lipinski definition) is 0. The summed E-state index contributed by atoms with van der Waals surface area (Å²) >= 11 is 0. The van der Waals surface area contributed by atoms with Crippen LogP contribution < -0.4 is 0 Å². The number of aromatic nitrogens is 4. The van der Waals surface area contributed by atoms with Crippen LogP contribution in [0.3, 0.4) is 0 Å². The minimum Gasteiger partial charge on any atom is -0.264 e. The van der Waals surface area contributed by atoms with Gasteiger partial charge in [-0.15, -0.1) is 0 Å². The lowest BCUT2D eigenvalue weighted by Crippen LogP contribution is -1.96. The minimum absolute atomic E-state index is 0.515. The molecule has 86 valence electrons. The minimum atomic E-state index is 0.515. The van der Waals surface area contributed by atoms with Crippen molar-refractivity contribution in [3.63, 3.8) is 0 Å². The number of nitriles is 1. The predicted octanol–water partition coefficient (Wildman–Crippen LogP) is 1.97. The maximum atomic E-state index is 9.11. The van der Waals surface area contributed by atoms with E-state index in [1.807, 2.05) is 18.2 Å². The van der Waals surface area contributed by atoms with Gasteiger partial charge in [-0.25, -0.2) is 9.50 Å². The summed E-state index contributed by atoms with van der Waals surface area (Å²) < 4.78 is 1.69. The first-order valence-corrected chi connectivity index (χ1v) is 5.46. The normalized spacial score (nSPS) is 10.4. The molecule has 3 aromatic rings. The molecule has 0 aliphatic rings. The molecule has 0 saturated heterocycles. The highest BCUT2D eigenvalue weighted by molar-refractivity contribution is 5.65. The number of nitrogens with zero attached hydrogens (tertiary/aromatic N) is 5. The molecule has 0 bridgehead atoms. The van der Waals surface area contributed by atoms with Gasteiger partial charge in [0.1, 0.15) is 11.6 Å². The number of fused-ring (bicyclic) bond motifs is 1. The smallest absolute Gasteiger partial charge is 0.173 e. The van der Waals surface area contributed by atoms with Crippen LogP contribution in [-0.4, -0.2) is 19.6 Å². The molecule has 0 radical (unpaired) electrons. The van der Waals surface area contributed by atoms with Gasteiger partial charge in [0.2, 0.25) is 0 Å². The molecular weight excluding hydrogens is 226 g/mol. The van der Waals surface area contributed by atoms with Gasteiger partial charge in [0.15, 0.2) is 5.65 Å². The van der Waals surface area contributed by atoms with E-state index in [2.05, 4.69) is 21.1 Å². The zero-order valence-electron chi connectivity index (χ0n) is 9.70. The van der Waals surface area contributed by atoms with E-state index in [1.165, 1.54) is 0 Å². The SMILES string of the molecule is Cc1nn2c(-c3cccnc3)ccnc2c1C#N. The predicted molar refractivity (Wildman–Crippen MR) is 65.7 cm³/mol. The van der Waals surface area contributed by atoms with Gasteiger partial charge in [0, 0.05) is 24.2 Å².